The Balaban J connectivity index is 1.90. The molecular weight excluding hydrogens is 264 g/mol. The minimum atomic E-state index is 0.115. The zero-order chi connectivity index (χ0) is 14.8. The van der Waals surface area contributed by atoms with Crippen LogP contribution in [0.5, 0.6) is 0 Å². The fourth-order valence-corrected chi connectivity index (χ4v) is 3.27. The van der Waals surface area contributed by atoms with Gasteiger partial charge in [-0.1, -0.05) is 19.1 Å². The number of carbonyl (C=O) groups excluding carboxylic acids is 1. The van der Waals surface area contributed by atoms with Crippen molar-refractivity contribution in [3.8, 4) is 0 Å². The van der Waals surface area contributed by atoms with E-state index >= 15 is 0 Å². The Morgan fingerprint density at radius 2 is 2.33 bits per heavy atom. The molecule has 1 saturated heterocycles. The molecular formula is C17H24N2O2. The fraction of sp³-hybridized carbons (Fsp3) is 0.588. The average molecular weight is 288 g/mol. The van der Waals surface area contributed by atoms with Crippen LogP contribution in [0.2, 0.25) is 0 Å². The van der Waals surface area contributed by atoms with Crippen molar-refractivity contribution in [2.75, 3.05) is 25.0 Å². The summed E-state index contributed by atoms with van der Waals surface area (Å²) in [4.78, 5) is 15.0. The second-order valence-corrected chi connectivity index (χ2v) is 6.03. The summed E-state index contributed by atoms with van der Waals surface area (Å²) < 4.78 is 5.70. The van der Waals surface area contributed by atoms with Crippen molar-refractivity contribution < 1.29 is 9.53 Å². The molecule has 1 aromatic rings. The summed E-state index contributed by atoms with van der Waals surface area (Å²) in [5.41, 5.74) is 3.13. The third kappa shape index (κ3) is 2.77. The van der Waals surface area contributed by atoms with Gasteiger partial charge in [-0.05, 0) is 37.8 Å². The lowest BCUT2D eigenvalue weighted by Gasteiger charge is -2.39. The maximum atomic E-state index is 13.0. The standard InChI is InChI=1S/C17H24N2O2/c1-3-14-11-21-12(2)10-19(14)17(20)15-8-4-6-13-7-5-9-18-16(13)15/h4,6,8,12,14,18H,3,5,7,9-11H2,1-2H3. The minimum Gasteiger partial charge on any atom is -0.384 e. The number of amides is 1. The fourth-order valence-electron chi connectivity index (χ4n) is 3.27. The van der Waals surface area contributed by atoms with E-state index < -0.39 is 0 Å². The van der Waals surface area contributed by atoms with Gasteiger partial charge in [0, 0.05) is 13.1 Å². The molecule has 1 fully saturated rings. The molecule has 1 amide bonds. The van der Waals surface area contributed by atoms with E-state index in [1.54, 1.807) is 0 Å². The molecule has 1 aromatic carbocycles. The van der Waals surface area contributed by atoms with Crippen LogP contribution >= 0.6 is 0 Å². The van der Waals surface area contributed by atoms with E-state index in [0.717, 1.165) is 37.1 Å². The van der Waals surface area contributed by atoms with Crippen molar-refractivity contribution in [1.82, 2.24) is 4.90 Å². The van der Waals surface area contributed by atoms with E-state index in [1.165, 1.54) is 5.56 Å². The molecule has 2 aliphatic heterocycles. The normalized spacial score (nSPS) is 25.1. The molecule has 4 heteroatoms. The van der Waals surface area contributed by atoms with Gasteiger partial charge in [-0.15, -0.1) is 0 Å². The highest BCUT2D eigenvalue weighted by atomic mass is 16.5. The van der Waals surface area contributed by atoms with Gasteiger partial charge in [-0.2, -0.15) is 0 Å². The Morgan fingerprint density at radius 1 is 1.48 bits per heavy atom. The van der Waals surface area contributed by atoms with Crippen LogP contribution in [0, 0.1) is 0 Å². The SMILES string of the molecule is CCC1COC(C)CN1C(=O)c1cccc2c1NCCC2. The first-order valence-electron chi connectivity index (χ1n) is 7.99. The molecule has 2 atom stereocenters. The molecule has 0 radical (unpaired) electrons. The van der Waals surface area contributed by atoms with Crippen molar-refractivity contribution in [3.63, 3.8) is 0 Å². The zero-order valence-electron chi connectivity index (χ0n) is 12.9. The topological polar surface area (TPSA) is 41.6 Å². The lowest BCUT2D eigenvalue weighted by atomic mass is 9.98. The van der Waals surface area contributed by atoms with Gasteiger partial charge in [-0.3, -0.25) is 4.79 Å². The van der Waals surface area contributed by atoms with Crippen LogP contribution in [-0.2, 0) is 11.2 Å². The maximum Gasteiger partial charge on any atom is 0.256 e. The highest BCUT2D eigenvalue weighted by molar-refractivity contribution is 6.00. The van der Waals surface area contributed by atoms with E-state index in [4.69, 9.17) is 4.74 Å². The molecule has 3 rings (SSSR count). The monoisotopic (exact) mass is 288 g/mol. The van der Waals surface area contributed by atoms with Gasteiger partial charge in [0.1, 0.15) is 0 Å². The van der Waals surface area contributed by atoms with E-state index in [0.29, 0.717) is 13.2 Å². The number of nitrogens with one attached hydrogen (secondary N) is 1. The van der Waals surface area contributed by atoms with Gasteiger partial charge < -0.3 is 15.0 Å². The summed E-state index contributed by atoms with van der Waals surface area (Å²) in [6.45, 7) is 6.43. The Morgan fingerprint density at radius 3 is 3.14 bits per heavy atom. The predicted octanol–water partition coefficient (Wildman–Crippen LogP) is 2.68. The average Bonchev–Trinajstić information content (AvgIpc) is 2.53. The molecule has 1 N–H and O–H groups in total. The Labute approximate surface area is 126 Å². The van der Waals surface area contributed by atoms with Crippen molar-refractivity contribution in [1.29, 1.82) is 0 Å². The number of nitrogens with zero attached hydrogens (tertiary/aromatic N) is 1. The summed E-state index contributed by atoms with van der Waals surface area (Å²) in [6.07, 6.45) is 3.24. The predicted molar refractivity (Wildman–Crippen MR) is 83.8 cm³/mol. The van der Waals surface area contributed by atoms with Crippen molar-refractivity contribution in [3.05, 3.63) is 29.3 Å². The lowest BCUT2D eigenvalue weighted by Crippen LogP contribution is -2.51. The summed E-state index contributed by atoms with van der Waals surface area (Å²) in [5, 5.41) is 3.42. The van der Waals surface area contributed by atoms with Crippen LogP contribution in [0.4, 0.5) is 5.69 Å². The Bertz CT molecular complexity index is 530. The van der Waals surface area contributed by atoms with E-state index in [-0.39, 0.29) is 18.1 Å². The molecule has 0 aliphatic carbocycles. The third-order valence-electron chi connectivity index (χ3n) is 4.51. The molecule has 2 aliphatic rings. The van der Waals surface area contributed by atoms with E-state index in [9.17, 15) is 4.79 Å². The summed E-state index contributed by atoms with van der Waals surface area (Å²) >= 11 is 0. The second-order valence-electron chi connectivity index (χ2n) is 6.03. The summed E-state index contributed by atoms with van der Waals surface area (Å²) in [6, 6.07) is 6.27. The Hall–Kier alpha value is -1.55. The van der Waals surface area contributed by atoms with Crippen LogP contribution < -0.4 is 5.32 Å². The highest BCUT2D eigenvalue weighted by Crippen LogP contribution is 2.28. The highest BCUT2D eigenvalue weighted by Gasteiger charge is 2.31. The Kier molecular flexibility index (Phi) is 4.15. The van der Waals surface area contributed by atoms with Gasteiger partial charge in [0.25, 0.3) is 5.91 Å². The molecule has 2 unspecified atom stereocenters. The number of carbonyl (C=O) groups is 1. The van der Waals surface area contributed by atoms with E-state index in [1.807, 2.05) is 24.0 Å². The molecule has 0 aromatic heterocycles. The first-order chi connectivity index (χ1) is 10.2. The van der Waals surface area contributed by atoms with Gasteiger partial charge in [-0.25, -0.2) is 0 Å². The molecule has 0 bridgehead atoms. The minimum absolute atomic E-state index is 0.115. The number of morpholine rings is 1. The smallest absolute Gasteiger partial charge is 0.256 e. The van der Waals surface area contributed by atoms with E-state index in [2.05, 4.69) is 18.3 Å². The van der Waals surface area contributed by atoms with Crippen molar-refractivity contribution in [2.24, 2.45) is 0 Å². The van der Waals surface area contributed by atoms with Crippen LogP contribution in [-0.4, -0.2) is 42.6 Å². The number of ether oxygens (including phenoxy) is 1. The van der Waals surface area contributed by atoms with Gasteiger partial charge >= 0.3 is 0 Å². The third-order valence-corrected chi connectivity index (χ3v) is 4.51. The quantitative estimate of drug-likeness (QED) is 0.909. The number of anilines is 1. The number of fused-ring (bicyclic) bond motifs is 1. The zero-order valence-corrected chi connectivity index (χ0v) is 12.9. The lowest BCUT2D eigenvalue weighted by molar-refractivity contribution is -0.0443. The number of benzene rings is 1. The van der Waals surface area contributed by atoms with Crippen LogP contribution in [0.1, 0.15) is 42.6 Å². The van der Waals surface area contributed by atoms with Gasteiger partial charge in [0.15, 0.2) is 0 Å². The van der Waals surface area contributed by atoms with Gasteiger partial charge in [0.05, 0.1) is 30.0 Å². The maximum absolute atomic E-state index is 13.0. The first-order valence-corrected chi connectivity index (χ1v) is 7.99. The van der Waals surface area contributed by atoms with Crippen LogP contribution in [0.15, 0.2) is 18.2 Å². The number of hydrogen-bond donors (Lipinski definition) is 1. The van der Waals surface area contributed by atoms with Crippen molar-refractivity contribution >= 4 is 11.6 Å². The number of para-hydroxylation sites is 1. The molecule has 4 nitrogen and oxygen atoms in total. The van der Waals surface area contributed by atoms with Crippen molar-refractivity contribution in [2.45, 2.75) is 45.3 Å². The summed E-state index contributed by atoms with van der Waals surface area (Å²) in [5.74, 6) is 0.142. The molecule has 0 spiro atoms. The number of rotatable bonds is 2. The van der Waals surface area contributed by atoms with Gasteiger partial charge in [0.2, 0.25) is 0 Å². The molecule has 21 heavy (non-hydrogen) atoms. The molecule has 0 saturated carbocycles. The molecule has 114 valence electrons. The number of hydrogen-bond acceptors (Lipinski definition) is 3. The molecule has 2 heterocycles. The largest absolute Gasteiger partial charge is 0.384 e. The van der Waals surface area contributed by atoms with Crippen LogP contribution in [0.25, 0.3) is 0 Å². The van der Waals surface area contributed by atoms with Crippen LogP contribution in [0.3, 0.4) is 0 Å². The second kappa shape index (κ2) is 6.06. The first kappa shape index (κ1) is 14.4. The summed E-state index contributed by atoms with van der Waals surface area (Å²) in [7, 11) is 0. The number of aryl methyl sites for hydroxylation is 1.